The van der Waals surface area contributed by atoms with Gasteiger partial charge < -0.3 is 15.4 Å². The predicted molar refractivity (Wildman–Crippen MR) is 76.6 cm³/mol. The Balaban J connectivity index is 2.23. The van der Waals surface area contributed by atoms with Crippen LogP contribution in [0.15, 0.2) is 48.5 Å². The van der Waals surface area contributed by atoms with Gasteiger partial charge in [0.25, 0.3) is 5.91 Å². The lowest BCUT2D eigenvalue weighted by Crippen LogP contribution is -2.26. The van der Waals surface area contributed by atoms with Crippen LogP contribution in [-0.2, 0) is 0 Å². The van der Waals surface area contributed by atoms with Gasteiger partial charge in [-0.3, -0.25) is 4.79 Å². The number of methoxy groups -OCH3 is 1. The Morgan fingerprint density at radius 1 is 1.16 bits per heavy atom. The van der Waals surface area contributed by atoms with Crippen molar-refractivity contribution in [1.29, 1.82) is 0 Å². The van der Waals surface area contributed by atoms with Gasteiger partial charge in [0.05, 0.1) is 7.11 Å². The Labute approximate surface area is 112 Å². The van der Waals surface area contributed by atoms with Crippen molar-refractivity contribution in [2.75, 3.05) is 24.8 Å². The molecule has 4 heteroatoms. The van der Waals surface area contributed by atoms with Crippen molar-refractivity contribution in [3.63, 3.8) is 0 Å². The molecule has 0 aliphatic rings. The van der Waals surface area contributed by atoms with Crippen LogP contribution < -0.4 is 15.4 Å². The Morgan fingerprint density at radius 3 is 2.42 bits per heavy atom. The number of carbonyl (C=O) groups excluding carboxylic acids is 1. The number of nitrogens with two attached hydrogens (primary N) is 1. The van der Waals surface area contributed by atoms with Crippen LogP contribution >= 0.6 is 0 Å². The molecule has 1 amide bonds. The first kappa shape index (κ1) is 13.0. The van der Waals surface area contributed by atoms with Crippen LogP contribution in [0.2, 0.25) is 0 Å². The number of nitrogens with zero attached hydrogens (tertiary/aromatic N) is 1. The second-order valence-corrected chi connectivity index (χ2v) is 4.19. The summed E-state index contributed by atoms with van der Waals surface area (Å²) in [5.41, 5.74) is 7.63. The van der Waals surface area contributed by atoms with Crippen LogP contribution in [0, 0.1) is 0 Å². The smallest absolute Gasteiger partial charge is 0.258 e. The molecule has 4 nitrogen and oxygen atoms in total. The van der Waals surface area contributed by atoms with E-state index in [1.165, 1.54) is 0 Å². The summed E-state index contributed by atoms with van der Waals surface area (Å²) in [7, 11) is 3.34. The molecule has 0 atom stereocenters. The highest BCUT2D eigenvalue weighted by atomic mass is 16.5. The lowest BCUT2D eigenvalue weighted by molar-refractivity contribution is 0.0993. The van der Waals surface area contributed by atoms with Crippen molar-refractivity contribution in [1.82, 2.24) is 0 Å². The fourth-order valence-corrected chi connectivity index (χ4v) is 1.79. The van der Waals surface area contributed by atoms with E-state index in [0.717, 1.165) is 11.4 Å². The molecule has 0 saturated carbocycles. The number of hydrogen-bond donors (Lipinski definition) is 1. The highest BCUT2D eigenvalue weighted by Crippen LogP contribution is 2.20. The third kappa shape index (κ3) is 2.85. The molecule has 2 aromatic rings. The van der Waals surface area contributed by atoms with Gasteiger partial charge in [-0.25, -0.2) is 0 Å². The Morgan fingerprint density at radius 2 is 1.84 bits per heavy atom. The molecule has 0 spiro atoms. The minimum atomic E-state index is -0.0996. The first-order chi connectivity index (χ1) is 9.11. The minimum Gasteiger partial charge on any atom is -0.497 e. The average molecular weight is 256 g/mol. The predicted octanol–water partition coefficient (Wildman–Crippen LogP) is 2.55. The molecule has 19 heavy (non-hydrogen) atoms. The van der Waals surface area contributed by atoms with E-state index in [9.17, 15) is 4.79 Å². The normalized spacial score (nSPS) is 10.0. The van der Waals surface area contributed by atoms with Gasteiger partial charge in [0.15, 0.2) is 0 Å². The van der Waals surface area contributed by atoms with E-state index in [2.05, 4.69) is 0 Å². The monoisotopic (exact) mass is 256 g/mol. The van der Waals surface area contributed by atoms with E-state index in [1.807, 2.05) is 24.3 Å². The van der Waals surface area contributed by atoms with Gasteiger partial charge in [0, 0.05) is 24.0 Å². The summed E-state index contributed by atoms with van der Waals surface area (Å²) >= 11 is 0. The van der Waals surface area contributed by atoms with E-state index in [1.54, 1.807) is 43.3 Å². The van der Waals surface area contributed by atoms with Gasteiger partial charge >= 0.3 is 0 Å². The van der Waals surface area contributed by atoms with Crippen LogP contribution in [0.1, 0.15) is 10.4 Å². The van der Waals surface area contributed by atoms with Gasteiger partial charge in [-0.15, -0.1) is 0 Å². The molecule has 0 unspecified atom stereocenters. The van der Waals surface area contributed by atoms with Gasteiger partial charge in [0.1, 0.15) is 5.75 Å². The number of carbonyl (C=O) groups is 1. The highest BCUT2D eigenvalue weighted by Gasteiger charge is 2.13. The van der Waals surface area contributed by atoms with Crippen molar-refractivity contribution in [3.8, 4) is 5.75 Å². The average Bonchev–Trinajstić information content (AvgIpc) is 2.46. The van der Waals surface area contributed by atoms with Crippen molar-refractivity contribution < 1.29 is 9.53 Å². The standard InChI is InChI=1S/C15H16N2O2/c1-17(13-6-8-14(19-2)9-7-13)15(18)11-4-3-5-12(16)10-11/h3-10H,16H2,1-2H3. The molecule has 0 fully saturated rings. The molecule has 0 aromatic heterocycles. The van der Waals surface area contributed by atoms with E-state index >= 15 is 0 Å². The van der Waals surface area contributed by atoms with Gasteiger partial charge in [-0.05, 0) is 42.5 Å². The molecule has 0 saturated heterocycles. The van der Waals surface area contributed by atoms with E-state index in [0.29, 0.717) is 11.3 Å². The second kappa shape index (κ2) is 5.44. The molecule has 98 valence electrons. The maximum atomic E-state index is 12.3. The van der Waals surface area contributed by atoms with Crippen LogP contribution in [0.3, 0.4) is 0 Å². The largest absolute Gasteiger partial charge is 0.497 e. The molecule has 0 radical (unpaired) electrons. The zero-order valence-corrected chi connectivity index (χ0v) is 11.0. The van der Waals surface area contributed by atoms with Crippen molar-refractivity contribution >= 4 is 17.3 Å². The summed E-state index contributed by atoms with van der Waals surface area (Å²) < 4.78 is 5.09. The van der Waals surface area contributed by atoms with Crippen LogP contribution in [-0.4, -0.2) is 20.1 Å². The first-order valence-electron chi connectivity index (χ1n) is 5.89. The van der Waals surface area contributed by atoms with Crippen LogP contribution in [0.25, 0.3) is 0 Å². The lowest BCUT2D eigenvalue weighted by atomic mass is 10.1. The van der Waals surface area contributed by atoms with E-state index in [4.69, 9.17) is 10.5 Å². The number of benzene rings is 2. The summed E-state index contributed by atoms with van der Waals surface area (Å²) in [4.78, 5) is 13.9. The summed E-state index contributed by atoms with van der Waals surface area (Å²) in [5, 5.41) is 0. The molecular weight excluding hydrogens is 240 g/mol. The molecule has 2 N–H and O–H groups in total. The number of hydrogen-bond acceptors (Lipinski definition) is 3. The van der Waals surface area contributed by atoms with Gasteiger partial charge in [-0.1, -0.05) is 6.07 Å². The fourth-order valence-electron chi connectivity index (χ4n) is 1.79. The Kier molecular flexibility index (Phi) is 3.71. The molecule has 2 aromatic carbocycles. The maximum Gasteiger partial charge on any atom is 0.258 e. The molecule has 0 aliphatic heterocycles. The van der Waals surface area contributed by atoms with Crippen molar-refractivity contribution in [2.45, 2.75) is 0 Å². The van der Waals surface area contributed by atoms with Gasteiger partial charge in [-0.2, -0.15) is 0 Å². The summed E-state index contributed by atoms with van der Waals surface area (Å²) in [5.74, 6) is 0.658. The highest BCUT2D eigenvalue weighted by molar-refractivity contribution is 6.06. The molecule has 0 bridgehead atoms. The van der Waals surface area contributed by atoms with Crippen LogP contribution in [0.5, 0.6) is 5.75 Å². The molecule has 2 rings (SSSR count). The fraction of sp³-hybridized carbons (Fsp3) is 0.133. The van der Waals surface area contributed by atoms with Crippen molar-refractivity contribution in [2.24, 2.45) is 0 Å². The maximum absolute atomic E-state index is 12.3. The quantitative estimate of drug-likeness (QED) is 0.859. The molecular formula is C15H16N2O2. The third-order valence-corrected chi connectivity index (χ3v) is 2.90. The van der Waals surface area contributed by atoms with Gasteiger partial charge in [0.2, 0.25) is 0 Å². The summed E-state index contributed by atoms with van der Waals surface area (Å²) in [6.07, 6.45) is 0. The SMILES string of the molecule is COc1ccc(N(C)C(=O)c2cccc(N)c2)cc1. The number of nitrogen functional groups attached to an aromatic ring is 1. The summed E-state index contributed by atoms with van der Waals surface area (Å²) in [6, 6.07) is 14.2. The van der Waals surface area contributed by atoms with Crippen molar-refractivity contribution in [3.05, 3.63) is 54.1 Å². The zero-order valence-electron chi connectivity index (χ0n) is 11.0. The zero-order chi connectivity index (χ0) is 13.8. The molecule has 0 aliphatic carbocycles. The Hall–Kier alpha value is -2.49. The van der Waals surface area contributed by atoms with E-state index < -0.39 is 0 Å². The topological polar surface area (TPSA) is 55.6 Å². The summed E-state index contributed by atoms with van der Waals surface area (Å²) in [6.45, 7) is 0. The number of ether oxygens (including phenoxy) is 1. The molecule has 0 heterocycles. The van der Waals surface area contributed by atoms with E-state index in [-0.39, 0.29) is 5.91 Å². The number of anilines is 2. The number of rotatable bonds is 3. The minimum absolute atomic E-state index is 0.0996. The second-order valence-electron chi connectivity index (χ2n) is 4.19. The third-order valence-electron chi connectivity index (χ3n) is 2.90. The first-order valence-corrected chi connectivity index (χ1v) is 5.89. The lowest BCUT2D eigenvalue weighted by Gasteiger charge is -2.17. The Bertz CT molecular complexity index is 579. The number of amides is 1. The van der Waals surface area contributed by atoms with Crippen LogP contribution in [0.4, 0.5) is 11.4 Å².